The minimum absolute atomic E-state index is 0. The van der Waals surface area contributed by atoms with Crippen LogP contribution in [0.2, 0.25) is 0 Å². The molecule has 0 aliphatic rings. The molecule has 1 atom stereocenters. The average molecular weight is 135 g/mol. The summed E-state index contributed by atoms with van der Waals surface area (Å²) in [7, 11) is 0. The van der Waals surface area contributed by atoms with Crippen molar-refractivity contribution in [2.75, 3.05) is 6.61 Å². The Labute approximate surface area is 54.3 Å². The maximum absolute atomic E-state index is 10.4. The molecule has 0 aromatic carbocycles. The molecule has 4 heteroatoms. The number of carbonyl (C=O) groups is 1. The summed E-state index contributed by atoms with van der Waals surface area (Å²) in [6, 6.07) is -0.491. The van der Waals surface area contributed by atoms with Gasteiger partial charge in [0.25, 0.3) is 0 Å². The minimum Gasteiger partial charge on any atom is -0.465 e. The Morgan fingerprint density at radius 3 is 2.33 bits per heavy atom. The quantitative estimate of drug-likeness (QED) is 0.496. The molecule has 56 valence electrons. The van der Waals surface area contributed by atoms with Gasteiger partial charge in [-0.25, -0.2) is 0 Å². The molecule has 0 aromatic heterocycles. The number of rotatable bonds is 2. The van der Waals surface area contributed by atoms with Crippen molar-refractivity contribution in [1.29, 1.82) is 0 Å². The van der Waals surface area contributed by atoms with Crippen molar-refractivity contribution in [3.63, 3.8) is 0 Å². The molecule has 0 bridgehead atoms. The molecule has 0 rings (SSSR count). The van der Waals surface area contributed by atoms with Crippen molar-refractivity contribution in [1.82, 2.24) is 0 Å². The van der Waals surface area contributed by atoms with Crippen LogP contribution in [0, 0.1) is 0 Å². The molecular formula is C5H13NO3. The zero-order valence-corrected chi connectivity index (χ0v) is 5.68. The van der Waals surface area contributed by atoms with Crippen LogP contribution in [-0.4, -0.2) is 24.1 Å². The third-order valence-electron chi connectivity index (χ3n) is 0.658. The highest BCUT2D eigenvalue weighted by Gasteiger charge is 2.05. The molecule has 0 saturated heterocycles. The lowest BCUT2D eigenvalue weighted by molar-refractivity contribution is -0.144. The normalized spacial score (nSPS) is 11.4. The summed E-state index contributed by atoms with van der Waals surface area (Å²) in [5, 5.41) is 0. The molecule has 0 fully saturated rings. The first-order valence-electron chi connectivity index (χ1n) is 2.60. The first kappa shape index (κ1) is 11.2. The number of ether oxygens (including phenoxy) is 1. The smallest absolute Gasteiger partial charge is 0.322 e. The molecule has 4 nitrogen and oxygen atoms in total. The van der Waals surface area contributed by atoms with Gasteiger partial charge in [-0.3, -0.25) is 4.79 Å². The van der Waals surface area contributed by atoms with Crippen LogP contribution in [0.25, 0.3) is 0 Å². The van der Waals surface area contributed by atoms with E-state index in [2.05, 4.69) is 4.74 Å². The van der Waals surface area contributed by atoms with E-state index in [1.54, 1.807) is 13.8 Å². The Kier molecular flexibility index (Phi) is 6.89. The van der Waals surface area contributed by atoms with E-state index in [0.717, 1.165) is 0 Å². The highest BCUT2D eigenvalue weighted by atomic mass is 16.5. The molecular weight excluding hydrogens is 122 g/mol. The molecule has 0 heterocycles. The van der Waals surface area contributed by atoms with Gasteiger partial charge in [-0.2, -0.15) is 0 Å². The van der Waals surface area contributed by atoms with Gasteiger partial charge in [-0.15, -0.1) is 0 Å². The summed E-state index contributed by atoms with van der Waals surface area (Å²) in [5.41, 5.74) is 5.15. The number of esters is 1. The zero-order chi connectivity index (χ0) is 6.57. The van der Waals surface area contributed by atoms with E-state index < -0.39 is 6.04 Å². The second-order valence-electron chi connectivity index (χ2n) is 1.54. The Bertz CT molecular complexity index is 82.3. The Morgan fingerprint density at radius 1 is 1.78 bits per heavy atom. The molecule has 0 aromatic rings. The molecule has 0 radical (unpaired) electrons. The topological polar surface area (TPSA) is 83.8 Å². The van der Waals surface area contributed by atoms with Gasteiger partial charge in [-0.05, 0) is 13.8 Å². The van der Waals surface area contributed by atoms with E-state index >= 15 is 0 Å². The van der Waals surface area contributed by atoms with Crippen LogP contribution in [-0.2, 0) is 9.53 Å². The van der Waals surface area contributed by atoms with Crippen molar-refractivity contribution in [3.8, 4) is 0 Å². The highest BCUT2D eigenvalue weighted by Crippen LogP contribution is 1.80. The standard InChI is InChI=1S/C5H11NO2.H2O/c1-3-8-5(7)4(2)6;/h4H,3,6H2,1-2H3;1H2/t4-;/m0./s1. The van der Waals surface area contributed by atoms with E-state index in [-0.39, 0.29) is 11.4 Å². The van der Waals surface area contributed by atoms with E-state index in [0.29, 0.717) is 6.61 Å². The number of hydrogen-bond acceptors (Lipinski definition) is 3. The van der Waals surface area contributed by atoms with E-state index in [1.807, 2.05) is 0 Å². The molecule has 4 N–H and O–H groups in total. The summed E-state index contributed by atoms with van der Waals surface area (Å²) in [4.78, 5) is 10.4. The lowest BCUT2D eigenvalue weighted by Gasteiger charge is -2.02. The largest absolute Gasteiger partial charge is 0.465 e. The van der Waals surface area contributed by atoms with Gasteiger partial charge in [0.1, 0.15) is 6.04 Å². The summed E-state index contributed by atoms with van der Waals surface area (Å²) in [5.74, 6) is -0.340. The van der Waals surface area contributed by atoms with Crippen molar-refractivity contribution >= 4 is 5.97 Å². The second kappa shape index (κ2) is 5.53. The van der Waals surface area contributed by atoms with Crippen LogP contribution in [0.5, 0.6) is 0 Å². The molecule has 0 saturated carbocycles. The van der Waals surface area contributed by atoms with Gasteiger partial charge in [0, 0.05) is 0 Å². The summed E-state index contributed by atoms with van der Waals surface area (Å²) < 4.78 is 4.54. The highest BCUT2D eigenvalue weighted by molar-refractivity contribution is 5.74. The van der Waals surface area contributed by atoms with Gasteiger partial charge in [0.15, 0.2) is 0 Å². The summed E-state index contributed by atoms with van der Waals surface area (Å²) in [6.07, 6.45) is 0. The van der Waals surface area contributed by atoms with E-state index in [1.165, 1.54) is 0 Å². The zero-order valence-electron chi connectivity index (χ0n) is 5.68. The molecule has 0 spiro atoms. The fourth-order valence-electron chi connectivity index (χ4n) is 0.274. The third kappa shape index (κ3) is 5.26. The van der Waals surface area contributed by atoms with E-state index in [9.17, 15) is 4.79 Å². The number of nitrogens with two attached hydrogens (primary N) is 1. The van der Waals surface area contributed by atoms with Gasteiger partial charge in [0.05, 0.1) is 6.61 Å². The van der Waals surface area contributed by atoms with Crippen LogP contribution < -0.4 is 5.73 Å². The Balaban J connectivity index is 0. The maximum Gasteiger partial charge on any atom is 0.322 e. The van der Waals surface area contributed by atoms with Crippen molar-refractivity contribution in [2.24, 2.45) is 5.73 Å². The van der Waals surface area contributed by atoms with Gasteiger partial charge >= 0.3 is 5.97 Å². The number of carbonyl (C=O) groups excluding carboxylic acids is 1. The minimum atomic E-state index is -0.491. The molecule has 0 amide bonds. The lowest BCUT2D eigenvalue weighted by atomic mass is 10.4. The maximum atomic E-state index is 10.4. The fraction of sp³-hybridized carbons (Fsp3) is 0.800. The third-order valence-corrected chi connectivity index (χ3v) is 0.658. The predicted octanol–water partition coefficient (Wildman–Crippen LogP) is -0.928. The van der Waals surface area contributed by atoms with Crippen molar-refractivity contribution < 1.29 is 15.0 Å². The first-order valence-corrected chi connectivity index (χ1v) is 2.60. The van der Waals surface area contributed by atoms with Crippen LogP contribution in [0.15, 0.2) is 0 Å². The summed E-state index contributed by atoms with van der Waals surface area (Å²) in [6.45, 7) is 3.75. The predicted molar refractivity (Wildman–Crippen MR) is 33.9 cm³/mol. The first-order chi connectivity index (χ1) is 3.68. The molecule has 0 aliphatic carbocycles. The van der Waals surface area contributed by atoms with Gasteiger partial charge in [-0.1, -0.05) is 0 Å². The molecule has 0 aliphatic heterocycles. The molecule has 9 heavy (non-hydrogen) atoms. The number of hydrogen-bond donors (Lipinski definition) is 1. The van der Waals surface area contributed by atoms with Crippen LogP contribution in [0.4, 0.5) is 0 Å². The average Bonchev–Trinajstić information content (AvgIpc) is 1.67. The second-order valence-corrected chi connectivity index (χ2v) is 1.54. The van der Waals surface area contributed by atoms with Crippen molar-refractivity contribution in [2.45, 2.75) is 19.9 Å². The molecule has 0 unspecified atom stereocenters. The Morgan fingerprint density at radius 2 is 2.22 bits per heavy atom. The lowest BCUT2D eigenvalue weighted by Crippen LogP contribution is -2.28. The van der Waals surface area contributed by atoms with Gasteiger partial charge < -0.3 is 15.9 Å². The summed E-state index contributed by atoms with van der Waals surface area (Å²) >= 11 is 0. The SMILES string of the molecule is CCOC(=O)[C@H](C)N.O. The van der Waals surface area contributed by atoms with Crippen LogP contribution >= 0.6 is 0 Å². The van der Waals surface area contributed by atoms with Crippen LogP contribution in [0.1, 0.15) is 13.8 Å². The van der Waals surface area contributed by atoms with E-state index in [4.69, 9.17) is 5.73 Å². The van der Waals surface area contributed by atoms with Crippen LogP contribution in [0.3, 0.4) is 0 Å². The fourth-order valence-corrected chi connectivity index (χ4v) is 0.274. The van der Waals surface area contributed by atoms with Crippen molar-refractivity contribution in [3.05, 3.63) is 0 Å². The Hall–Kier alpha value is -0.610. The van der Waals surface area contributed by atoms with Gasteiger partial charge in [0.2, 0.25) is 0 Å². The monoisotopic (exact) mass is 135 g/mol.